The molecule has 2 rings (SSSR count). The van der Waals surface area contributed by atoms with E-state index in [-0.39, 0.29) is 25.6 Å². The van der Waals surface area contributed by atoms with Crippen LogP contribution in [0.15, 0.2) is 24.3 Å². The Kier molecular flexibility index (Phi) is 35.2. The number of esters is 1. The van der Waals surface area contributed by atoms with Gasteiger partial charge in [-0.3, -0.25) is 4.79 Å². The first kappa shape index (κ1) is 58.6. The molecule has 0 radical (unpaired) electrons. The maximum absolute atomic E-state index is 12.9. The molecule has 0 aromatic rings. The summed E-state index contributed by atoms with van der Waals surface area (Å²) in [6.07, 6.45) is 23.9. The van der Waals surface area contributed by atoms with E-state index in [0.29, 0.717) is 13.0 Å². The fourth-order valence-electron chi connectivity index (χ4n) is 7.97. The summed E-state index contributed by atoms with van der Waals surface area (Å²) in [4.78, 5) is 12.9. The molecule has 11 unspecified atom stereocenters. The van der Waals surface area contributed by atoms with Gasteiger partial charge < -0.3 is 64.2 Å². The zero-order valence-electron chi connectivity index (χ0n) is 39.8. The van der Waals surface area contributed by atoms with E-state index in [9.17, 15) is 40.5 Å². The van der Waals surface area contributed by atoms with E-state index in [1.807, 2.05) is 0 Å². The van der Waals surface area contributed by atoms with Crippen LogP contribution in [0.2, 0.25) is 0 Å². The van der Waals surface area contributed by atoms with Crippen LogP contribution in [0.5, 0.6) is 0 Å². The molecule has 14 nitrogen and oxygen atoms in total. The van der Waals surface area contributed by atoms with Crippen molar-refractivity contribution < 1.29 is 69.0 Å². The molecule has 0 amide bonds. The number of rotatable bonds is 40. The molecule has 64 heavy (non-hydrogen) atoms. The SMILES string of the molecule is CCCC/C=C\CCCCCCCC(=O)OC(COCCCCCCCCCC/C=C\CCCCCCCCC)COC1OC(COC2OC(CO)C(O)C(O)C2O)C(O)C(O)C1O. The third kappa shape index (κ3) is 26.1. The van der Waals surface area contributed by atoms with Gasteiger partial charge in [0.05, 0.1) is 26.4 Å². The van der Waals surface area contributed by atoms with Gasteiger partial charge in [0.2, 0.25) is 0 Å². The zero-order valence-corrected chi connectivity index (χ0v) is 39.8. The molecular weight excluding hydrogens is 825 g/mol. The van der Waals surface area contributed by atoms with Crippen LogP contribution in [0.25, 0.3) is 0 Å². The average molecular weight is 917 g/mol. The van der Waals surface area contributed by atoms with E-state index in [1.165, 1.54) is 103 Å². The molecule has 376 valence electrons. The van der Waals surface area contributed by atoms with Crippen molar-refractivity contribution in [2.24, 2.45) is 0 Å². The molecule has 0 saturated carbocycles. The number of hydrogen-bond donors (Lipinski definition) is 7. The Labute approximate surface area is 386 Å². The largest absolute Gasteiger partial charge is 0.457 e. The lowest BCUT2D eigenvalue weighted by atomic mass is 9.98. The van der Waals surface area contributed by atoms with Gasteiger partial charge in [-0.05, 0) is 57.8 Å². The van der Waals surface area contributed by atoms with Gasteiger partial charge in [-0.2, -0.15) is 0 Å². The molecule has 7 N–H and O–H groups in total. The van der Waals surface area contributed by atoms with Crippen molar-refractivity contribution in [2.75, 3.05) is 33.0 Å². The first-order chi connectivity index (χ1) is 31.1. The maximum atomic E-state index is 12.9. The first-order valence-electron chi connectivity index (χ1n) is 25.4. The van der Waals surface area contributed by atoms with Gasteiger partial charge in [0.15, 0.2) is 12.6 Å². The minimum absolute atomic E-state index is 0.0582. The van der Waals surface area contributed by atoms with E-state index >= 15 is 0 Å². The van der Waals surface area contributed by atoms with E-state index in [4.69, 9.17) is 28.4 Å². The summed E-state index contributed by atoms with van der Waals surface area (Å²) in [5.74, 6) is -0.387. The van der Waals surface area contributed by atoms with Crippen molar-refractivity contribution in [3.05, 3.63) is 24.3 Å². The second kappa shape index (κ2) is 38.4. The number of hydrogen-bond acceptors (Lipinski definition) is 14. The van der Waals surface area contributed by atoms with Gasteiger partial charge in [0, 0.05) is 13.0 Å². The van der Waals surface area contributed by atoms with Crippen LogP contribution in [0.1, 0.15) is 187 Å². The zero-order chi connectivity index (χ0) is 46.6. The van der Waals surface area contributed by atoms with Crippen molar-refractivity contribution in [1.82, 2.24) is 0 Å². The fraction of sp³-hybridized carbons (Fsp3) is 0.900. The first-order valence-corrected chi connectivity index (χ1v) is 25.4. The molecule has 0 spiro atoms. The summed E-state index contributed by atoms with van der Waals surface area (Å²) in [5, 5.41) is 72.0. The molecule has 0 aromatic heterocycles. The number of carbonyl (C=O) groups excluding carboxylic acids is 1. The van der Waals surface area contributed by atoms with Gasteiger partial charge >= 0.3 is 5.97 Å². The van der Waals surface area contributed by atoms with E-state index < -0.39 is 80.7 Å². The van der Waals surface area contributed by atoms with Crippen molar-refractivity contribution in [3.63, 3.8) is 0 Å². The molecule has 0 aromatic carbocycles. The highest BCUT2D eigenvalue weighted by Gasteiger charge is 2.47. The third-order valence-corrected chi connectivity index (χ3v) is 12.2. The molecular formula is C50H92O14. The van der Waals surface area contributed by atoms with Crippen LogP contribution in [0.4, 0.5) is 0 Å². The molecule has 2 fully saturated rings. The van der Waals surface area contributed by atoms with E-state index in [1.54, 1.807) is 0 Å². The van der Waals surface area contributed by atoms with Crippen molar-refractivity contribution in [3.8, 4) is 0 Å². The predicted octanol–water partition coefficient (Wildman–Crippen LogP) is 7.24. The second-order valence-electron chi connectivity index (χ2n) is 18.0. The lowest BCUT2D eigenvalue weighted by Gasteiger charge is -2.42. The van der Waals surface area contributed by atoms with Gasteiger partial charge in [-0.15, -0.1) is 0 Å². The topological polar surface area (TPSA) is 214 Å². The van der Waals surface area contributed by atoms with Crippen molar-refractivity contribution in [2.45, 2.75) is 255 Å². The van der Waals surface area contributed by atoms with Gasteiger partial charge in [-0.25, -0.2) is 0 Å². The lowest BCUT2D eigenvalue weighted by Crippen LogP contribution is -2.61. The Hall–Kier alpha value is -1.53. The Morgan fingerprint density at radius 2 is 0.938 bits per heavy atom. The van der Waals surface area contributed by atoms with Crippen LogP contribution >= 0.6 is 0 Å². The smallest absolute Gasteiger partial charge is 0.306 e. The summed E-state index contributed by atoms with van der Waals surface area (Å²) in [6, 6.07) is 0. The van der Waals surface area contributed by atoms with Crippen LogP contribution < -0.4 is 0 Å². The van der Waals surface area contributed by atoms with E-state index in [2.05, 4.69) is 38.2 Å². The molecule has 2 aliphatic heterocycles. The number of allylic oxidation sites excluding steroid dienone is 4. The highest BCUT2D eigenvalue weighted by Crippen LogP contribution is 2.26. The van der Waals surface area contributed by atoms with Crippen molar-refractivity contribution in [1.29, 1.82) is 0 Å². The maximum Gasteiger partial charge on any atom is 0.306 e. The molecule has 11 atom stereocenters. The highest BCUT2D eigenvalue weighted by molar-refractivity contribution is 5.69. The minimum Gasteiger partial charge on any atom is -0.457 e. The molecule has 14 heteroatoms. The van der Waals surface area contributed by atoms with Crippen LogP contribution in [-0.4, -0.2) is 142 Å². The summed E-state index contributed by atoms with van der Waals surface area (Å²) in [7, 11) is 0. The van der Waals surface area contributed by atoms with Crippen LogP contribution in [-0.2, 0) is 33.2 Å². The number of aliphatic hydroxyl groups is 7. The predicted molar refractivity (Wildman–Crippen MR) is 247 cm³/mol. The summed E-state index contributed by atoms with van der Waals surface area (Å²) >= 11 is 0. The summed E-state index contributed by atoms with van der Waals surface area (Å²) in [5.41, 5.74) is 0. The fourth-order valence-corrected chi connectivity index (χ4v) is 7.97. The molecule has 2 saturated heterocycles. The minimum atomic E-state index is -1.71. The molecule has 0 aliphatic carbocycles. The normalized spacial score (nSPS) is 26.9. The Balaban J connectivity index is 1.75. The summed E-state index contributed by atoms with van der Waals surface area (Å²) < 4.78 is 34.2. The Bertz CT molecular complexity index is 1160. The number of aliphatic hydroxyl groups excluding tert-OH is 7. The summed E-state index contributed by atoms with van der Waals surface area (Å²) in [6.45, 7) is 3.63. The van der Waals surface area contributed by atoms with Crippen LogP contribution in [0, 0.1) is 0 Å². The standard InChI is InChI=1S/C50H92O14/c1-3-5-7-9-11-13-15-16-17-18-19-20-21-22-24-26-28-30-32-34-59-36-39(62-42(52)33-31-29-27-25-23-14-12-10-8-6-4-2)37-60-49-48(58)46(56)44(54)41(64-49)38-61-50-47(57)45(55)43(53)40(35-51)63-50/h10,12,17-18,39-41,43-51,53-58H,3-9,11,13-16,19-38H2,1-2H3/b12-10-,18-17-. The lowest BCUT2D eigenvalue weighted by molar-refractivity contribution is -0.332. The van der Waals surface area contributed by atoms with E-state index in [0.717, 1.165) is 57.8 Å². The Morgan fingerprint density at radius 3 is 1.47 bits per heavy atom. The number of unbranched alkanes of at least 4 members (excludes halogenated alkanes) is 22. The second-order valence-corrected chi connectivity index (χ2v) is 18.0. The monoisotopic (exact) mass is 917 g/mol. The number of ether oxygens (including phenoxy) is 6. The Morgan fingerprint density at radius 1 is 0.500 bits per heavy atom. The third-order valence-electron chi connectivity index (χ3n) is 12.2. The molecule has 2 aliphatic rings. The highest BCUT2D eigenvalue weighted by atomic mass is 16.7. The molecule has 2 heterocycles. The van der Waals surface area contributed by atoms with Gasteiger partial charge in [-0.1, -0.05) is 147 Å². The molecule has 0 bridgehead atoms. The number of carbonyl (C=O) groups is 1. The average Bonchev–Trinajstić information content (AvgIpc) is 3.29. The van der Waals surface area contributed by atoms with Crippen LogP contribution in [0.3, 0.4) is 0 Å². The van der Waals surface area contributed by atoms with Crippen molar-refractivity contribution >= 4 is 5.97 Å². The van der Waals surface area contributed by atoms with Gasteiger partial charge in [0.1, 0.15) is 54.9 Å². The van der Waals surface area contributed by atoms with Gasteiger partial charge in [0.25, 0.3) is 0 Å². The quantitative estimate of drug-likeness (QED) is 0.0184.